The summed E-state index contributed by atoms with van der Waals surface area (Å²) in [4.78, 5) is 73.6. The van der Waals surface area contributed by atoms with Gasteiger partial charge < -0.3 is 24.4 Å². The van der Waals surface area contributed by atoms with Crippen molar-refractivity contribution in [3.63, 3.8) is 0 Å². The van der Waals surface area contributed by atoms with E-state index in [1.165, 1.54) is 20.5 Å². The highest BCUT2D eigenvalue weighted by atomic mass is 16.7. The molecule has 0 radical (unpaired) electrons. The summed E-state index contributed by atoms with van der Waals surface area (Å²) in [6.07, 6.45) is 8.17. The van der Waals surface area contributed by atoms with Gasteiger partial charge in [-0.05, 0) is 60.6 Å². The van der Waals surface area contributed by atoms with Crippen LogP contribution in [0.4, 0.5) is 4.79 Å². The van der Waals surface area contributed by atoms with Gasteiger partial charge in [0, 0.05) is 24.2 Å². The van der Waals surface area contributed by atoms with Crippen molar-refractivity contribution in [3.05, 3.63) is 53.4 Å². The van der Waals surface area contributed by atoms with Gasteiger partial charge in [-0.15, -0.1) is 5.06 Å². The molecule has 13 nitrogen and oxygen atoms in total. The number of benzene rings is 1. The van der Waals surface area contributed by atoms with E-state index in [0.29, 0.717) is 41.3 Å². The van der Waals surface area contributed by atoms with Gasteiger partial charge in [0.15, 0.2) is 0 Å². The average molecular weight is 661 g/mol. The quantitative estimate of drug-likeness (QED) is 0.147. The summed E-state index contributed by atoms with van der Waals surface area (Å²) in [5.41, 5.74) is 2.79. The Kier molecular flexibility index (Phi) is 8.26. The number of aromatic nitrogens is 1. The van der Waals surface area contributed by atoms with Crippen LogP contribution in [-0.4, -0.2) is 85.3 Å². The van der Waals surface area contributed by atoms with Crippen molar-refractivity contribution in [1.29, 1.82) is 0 Å². The number of amides is 3. The fraction of sp³-hybridized carbons (Fsp3) is 0.514. The Morgan fingerprint density at radius 1 is 1.02 bits per heavy atom. The Morgan fingerprint density at radius 2 is 1.75 bits per heavy atom. The number of esters is 1. The van der Waals surface area contributed by atoms with Crippen LogP contribution in [-0.2, 0) is 39.9 Å². The summed E-state index contributed by atoms with van der Waals surface area (Å²) in [6, 6.07) is 4.68. The highest BCUT2D eigenvalue weighted by molar-refractivity contribution is 6.06. The summed E-state index contributed by atoms with van der Waals surface area (Å²) >= 11 is 0. The fourth-order valence-corrected chi connectivity index (χ4v) is 8.97. The van der Waals surface area contributed by atoms with Crippen LogP contribution in [0.5, 0.6) is 5.75 Å². The molecular formula is C35H40N4O9. The number of piperidine rings is 1. The number of carbonyl (C=O) groups is 5. The van der Waals surface area contributed by atoms with Crippen molar-refractivity contribution in [3.8, 4) is 5.75 Å². The number of hydrogen-bond acceptors (Lipinski definition) is 10. The number of imide groups is 1. The predicted octanol–water partition coefficient (Wildman–Crippen LogP) is 3.12. The summed E-state index contributed by atoms with van der Waals surface area (Å²) in [5.74, 6) is -2.87. The first-order valence-corrected chi connectivity index (χ1v) is 16.5. The Bertz CT molecular complexity index is 1730. The summed E-state index contributed by atoms with van der Waals surface area (Å²) in [7, 11) is 4.43. The highest BCUT2D eigenvalue weighted by Gasteiger charge is 2.61. The number of fused-ring (bicyclic) bond motifs is 10. The zero-order valence-electron chi connectivity index (χ0n) is 27.5. The van der Waals surface area contributed by atoms with Gasteiger partial charge in [0.2, 0.25) is 0 Å². The molecule has 2 aromatic rings. The molecule has 2 aliphatic carbocycles. The number of allylic oxidation sites excluding steroid dienone is 2. The molecule has 7 atom stereocenters. The maximum atomic E-state index is 14.1. The minimum atomic E-state index is -0.925. The first-order chi connectivity index (χ1) is 23.2. The van der Waals surface area contributed by atoms with Gasteiger partial charge in [0.1, 0.15) is 12.3 Å². The minimum Gasteiger partial charge on any atom is -0.504 e. The first kappa shape index (κ1) is 31.9. The molecule has 5 aliphatic rings. The summed E-state index contributed by atoms with van der Waals surface area (Å²) < 4.78 is 17.8. The van der Waals surface area contributed by atoms with Gasteiger partial charge in [-0.1, -0.05) is 31.6 Å². The number of hydroxylamine groups is 2. The molecule has 0 spiro atoms. The van der Waals surface area contributed by atoms with Crippen LogP contribution in [0.2, 0.25) is 0 Å². The van der Waals surface area contributed by atoms with E-state index >= 15 is 0 Å². The monoisotopic (exact) mass is 660 g/mol. The zero-order chi connectivity index (χ0) is 33.9. The fourth-order valence-electron chi connectivity index (χ4n) is 8.97. The molecule has 3 aliphatic heterocycles. The summed E-state index contributed by atoms with van der Waals surface area (Å²) in [6.45, 7) is 2.99. The largest absolute Gasteiger partial charge is 0.504 e. The lowest BCUT2D eigenvalue weighted by atomic mass is 9.74. The van der Waals surface area contributed by atoms with E-state index in [4.69, 9.17) is 19.0 Å². The van der Waals surface area contributed by atoms with Crippen LogP contribution < -0.4 is 10.1 Å². The maximum Gasteiger partial charge on any atom is 0.352 e. The second-order valence-corrected chi connectivity index (χ2v) is 13.2. The van der Waals surface area contributed by atoms with Gasteiger partial charge in [0.05, 0.1) is 56.6 Å². The Labute approximate surface area is 277 Å². The van der Waals surface area contributed by atoms with E-state index in [2.05, 4.69) is 17.1 Å². The molecule has 2 bridgehead atoms. The molecule has 1 N–H and O–H groups in total. The van der Waals surface area contributed by atoms with E-state index < -0.39 is 48.2 Å². The van der Waals surface area contributed by atoms with Gasteiger partial charge >= 0.3 is 18.0 Å². The van der Waals surface area contributed by atoms with Crippen molar-refractivity contribution < 1.29 is 43.0 Å². The topological polar surface area (TPSA) is 146 Å². The normalized spacial score (nSPS) is 29.0. The number of ether oxygens (including phenoxy) is 3. The number of nitrogens with one attached hydrogen (secondary N) is 1. The zero-order valence-corrected chi connectivity index (χ0v) is 27.5. The van der Waals surface area contributed by atoms with E-state index in [-0.39, 0.29) is 29.7 Å². The lowest BCUT2D eigenvalue weighted by Gasteiger charge is -2.46. The third kappa shape index (κ3) is 4.89. The maximum absolute atomic E-state index is 14.1. The third-order valence-electron chi connectivity index (χ3n) is 11.0. The van der Waals surface area contributed by atoms with Crippen LogP contribution in [0.1, 0.15) is 43.5 Å². The first-order valence-electron chi connectivity index (χ1n) is 16.5. The Morgan fingerprint density at radius 3 is 2.40 bits per heavy atom. The van der Waals surface area contributed by atoms with E-state index in [0.717, 1.165) is 36.0 Å². The van der Waals surface area contributed by atoms with Gasteiger partial charge in [0.25, 0.3) is 11.8 Å². The molecule has 3 fully saturated rings. The van der Waals surface area contributed by atoms with Gasteiger partial charge in [-0.2, -0.15) is 0 Å². The molecule has 7 rings (SSSR count). The molecule has 3 amide bonds. The van der Waals surface area contributed by atoms with E-state index in [1.807, 2.05) is 24.3 Å². The Balaban J connectivity index is 1.17. The van der Waals surface area contributed by atoms with Crippen LogP contribution in [0.15, 0.2) is 42.2 Å². The molecule has 13 heteroatoms. The number of rotatable bonds is 8. The van der Waals surface area contributed by atoms with Crippen LogP contribution in [0, 0.1) is 35.5 Å². The van der Waals surface area contributed by atoms with Crippen molar-refractivity contribution in [2.24, 2.45) is 35.5 Å². The number of methoxy groups -OCH3 is 3. The van der Waals surface area contributed by atoms with Gasteiger partial charge in [-0.3, -0.25) is 19.1 Å². The molecular weight excluding hydrogens is 620 g/mol. The standard InChI is InChI=1S/C35H40N4O9/c1-5-18-16-37-12-11-21-30-24(7-6-8-26(30)46-3)38(31(21)25(37)14-22(18)23(17-45-2)34(43)47-4)35(44)36-15-27(40)48-39-32(41)28-19-9-10-20(13-19)29(28)33(39)42/h6-10,17-20,22,25,28-29H,5,11-16H2,1-4H3,(H,36,44)/b23-17+/t18-,19-,20+,22+,25+,28-,29+/m1/s1. The van der Waals surface area contributed by atoms with Crippen molar-refractivity contribution in [2.75, 3.05) is 41.0 Å². The molecule has 1 aromatic carbocycles. The number of nitrogens with zero attached hydrogens (tertiary/aromatic N) is 3. The Hall–Kier alpha value is -4.65. The van der Waals surface area contributed by atoms with Crippen LogP contribution in [0.3, 0.4) is 0 Å². The smallest absolute Gasteiger partial charge is 0.352 e. The van der Waals surface area contributed by atoms with Crippen molar-refractivity contribution >= 4 is 40.7 Å². The lowest BCUT2D eigenvalue weighted by molar-refractivity contribution is -0.198. The van der Waals surface area contributed by atoms with Crippen molar-refractivity contribution in [1.82, 2.24) is 19.8 Å². The summed E-state index contributed by atoms with van der Waals surface area (Å²) in [5, 5.41) is 4.07. The predicted molar refractivity (Wildman–Crippen MR) is 170 cm³/mol. The molecule has 48 heavy (non-hydrogen) atoms. The third-order valence-corrected chi connectivity index (χ3v) is 11.0. The lowest BCUT2D eigenvalue weighted by Crippen LogP contribution is -2.48. The van der Waals surface area contributed by atoms with E-state index in [1.54, 1.807) is 17.7 Å². The van der Waals surface area contributed by atoms with Crippen molar-refractivity contribution in [2.45, 2.75) is 38.6 Å². The SMILES string of the molecule is CC[C@@H]1CN2CCc3c(n(C(=O)NCC(=O)ON4C(=O)[C@@H]5[C@H](C4=O)[C@@H]4C=C[C@H]5C4)c4cccc(OC)c34)[C@@H]2C[C@@H]1/C(=C\OC)C(=O)OC. The van der Waals surface area contributed by atoms with Gasteiger partial charge in [-0.25, -0.2) is 14.4 Å². The number of carbonyl (C=O) groups excluding carboxylic acids is 5. The second kappa shape index (κ2) is 12.4. The molecule has 4 heterocycles. The average Bonchev–Trinajstić information content (AvgIpc) is 3.87. The molecule has 0 unspecified atom stereocenters. The molecule has 254 valence electrons. The number of hydrogen-bond donors (Lipinski definition) is 1. The molecule has 1 aromatic heterocycles. The van der Waals surface area contributed by atoms with Crippen LogP contribution in [0.25, 0.3) is 10.9 Å². The molecule has 2 saturated heterocycles. The van der Waals surface area contributed by atoms with E-state index in [9.17, 15) is 24.0 Å². The van der Waals surface area contributed by atoms with Crippen LogP contribution >= 0.6 is 0 Å². The minimum absolute atomic E-state index is 0.0229. The second-order valence-electron chi connectivity index (χ2n) is 13.2. The molecule has 1 saturated carbocycles. The highest BCUT2D eigenvalue weighted by Crippen LogP contribution is 2.53.